The minimum absolute atomic E-state index is 0.0774. The maximum atomic E-state index is 12.5. The van der Waals surface area contributed by atoms with Crippen molar-refractivity contribution in [2.45, 2.75) is 74.4 Å². The molecule has 3 aliphatic heterocycles. The Labute approximate surface area is 411 Å². The summed E-state index contributed by atoms with van der Waals surface area (Å²) in [6.07, 6.45) is 8.78. The first-order valence-electron chi connectivity index (χ1n) is 23.7. The molecule has 0 radical (unpaired) electrons. The summed E-state index contributed by atoms with van der Waals surface area (Å²) in [4.78, 5) is 48.2. The van der Waals surface area contributed by atoms with Crippen LogP contribution in [0.5, 0.6) is 0 Å². The molecule has 0 unspecified atom stereocenters. The second kappa shape index (κ2) is 25.4. The summed E-state index contributed by atoms with van der Waals surface area (Å²) in [5.41, 5.74) is 7.22. The molecule has 0 saturated carbocycles. The van der Waals surface area contributed by atoms with Gasteiger partial charge in [-0.1, -0.05) is 36.4 Å². The fraction of sp³-hybridized carbons (Fsp3) is 0.333. The molecule has 3 saturated heterocycles. The number of pyridine rings is 3. The standard InChI is InChI=1S/C18H18F3N3O.C18H21N3OS.C18H21N3O/c19-18(20,21)16-8-5-14(11-23-16)17(25)24-15-6-3-12(4-7-15)13-2-1-9-22-10-13;1-23-17-9-6-15(12-20-17)18(22)21-16-7-4-13(5-8-16)14-3-2-10-19-11-14;1-13-4-5-16(12-20-13)18(22)21-17-8-6-14(7-9-17)15-3-2-10-19-11-15/h3-8,11,13,22H,1-2,9-10H2,(H,24,25);4-9,12,14,19H,2-3,10-11H2,1H3,(H,21,22);4-9,12,15,19H,2-3,10-11H2,1H3,(H,21,22)/t13-;14-;15-/m111/s1. The number of nitrogens with zero attached hydrogens (tertiary/aromatic N) is 3. The minimum Gasteiger partial charge on any atom is -0.322 e. The van der Waals surface area contributed by atoms with E-state index in [0.29, 0.717) is 34.6 Å². The largest absolute Gasteiger partial charge is 0.433 e. The van der Waals surface area contributed by atoms with Crippen LogP contribution in [0.3, 0.4) is 0 Å². The van der Waals surface area contributed by atoms with E-state index in [4.69, 9.17) is 0 Å². The van der Waals surface area contributed by atoms with Crippen molar-refractivity contribution in [2.24, 2.45) is 0 Å². The number of benzene rings is 3. The number of aryl methyl sites for hydroxylation is 1. The molecule has 6 aromatic rings. The van der Waals surface area contributed by atoms with Gasteiger partial charge >= 0.3 is 6.18 Å². The smallest absolute Gasteiger partial charge is 0.322 e. The van der Waals surface area contributed by atoms with Gasteiger partial charge in [0.05, 0.1) is 21.7 Å². The highest BCUT2D eigenvalue weighted by Gasteiger charge is 2.32. The Bertz CT molecular complexity index is 2580. The first-order chi connectivity index (χ1) is 33.9. The van der Waals surface area contributed by atoms with E-state index >= 15 is 0 Å². The number of hydrogen-bond acceptors (Lipinski definition) is 10. The molecule has 3 aromatic carbocycles. The molecule has 3 fully saturated rings. The number of thioether (sulfide) groups is 1. The van der Waals surface area contributed by atoms with Gasteiger partial charge in [-0.05, 0) is 179 Å². The normalized spacial score (nSPS) is 17.9. The van der Waals surface area contributed by atoms with Gasteiger partial charge in [-0.2, -0.15) is 13.2 Å². The molecule has 366 valence electrons. The lowest BCUT2D eigenvalue weighted by Gasteiger charge is -2.23. The fourth-order valence-electron chi connectivity index (χ4n) is 8.47. The molecule has 16 heteroatoms. The molecular formula is C54H60F3N9O3S. The van der Waals surface area contributed by atoms with Crippen LogP contribution in [0.2, 0.25) is 0 Å². The first-order valence-corrected chi connectivity index (χ1v) is 25.0. The van der Waals surface area contributed by atoms with Crippen LogP contribution < -0.4 is 31.9 Å². The van der Waals surface area contributed by atoms with Crippen LogP contribution in [0, 0.1) is 6.92 Å². The summed E-state index contributed by atoms with van der Waals surface area (Å²) in [6, 6.07) is 33.1. The number of carbonyl (C=O) groups is 3. The number of alkyl halides is 3. The monoisotopic (exact) mass is 971 g/mol. The Hall–Kier alpha value is -6.46. The summed E-state index contributed by atoms with van der Waals surface area (Å²) >= 11 is 1.56. The topological polar surface area (TPSA) is 162 Å². The van der Waals surface area contributed by atoms with E-state index in [9.17, 15) is 27.6 Å². The van der Waals surface area contributed by atoms with Crippen LogP contribution in [-0.2, 0) is 6.18 Å². The SMILES string of the molecule is CSc1ccc(C(=O)Nc2ccc([C@@H]3CCCNC3)cc2)cn1.Cc1ccc(C(=O)Nc2ccc([C@@H]3CCCNC3)cc2)cn1.O=C(Nc1ccc([C@@H]2CCCNC2)cc1)c1ccc(C(F)(F)F)nc1. The average Bonchev–Trinajstić information content (AvgIpc) is 3.40. The van der Waals surface area contributed by atoms with Crippen LogP contribution >= 0.6 is 11.8 Å². The molecular weight excluding hydrogens is 912 g/mol. The maximum Gasteiger partial charge on any atom is 0.433 e. The van der Waals surface area contributed by atoms with Crippen molar-refractivity contribution in [1.82, 2.24) is 30.9 Å². The number of hydrogen-bond donors (Lipinski definition) is 6. The van der Waals surface area contributed by atoms with E-state index in [1.54, 1.807) is 48.4 Å². The summed E-state index contributed by atoms with van der Waals surface area (Å²) in [7, 11) is 0. The second-order valence-electron chi connectivity index (χ2n) is 17.6. The van der Waals surface area contributed by atoms with Crippen molar-refractivity contribution in [1.29, 1.82) is 0 Å². The average molecular weight is 972 g/mol. The van der Waals surface area contributed by atoms with Gasteiger partial charge in [-0.25, -0.2) is 4.98 Å². The van der Waals surface area contributed by atoms with Gasteiger partial charge in [0.15, 0.2) is 0 Å². The van der Waals surface area contributed by atoms with Crippen molar-refractivity contribution >= 4 is 46.5 Å². The van der Waals surface area contributed by atoms with Crippen LogP contribution in [0.25, 0.3) is 0 Å². The van der Waals surface area contributed by atoms with Gasteiger partial charge < -0.3 is 31.9 Å². The fourth-order valence-corrected chi connectivity index (χ4v) is 8.83. The lowest BCUT2D eigenvalue weighted by molar-refractivity contribution is -0.141. The molecule has 0 bridgehead atoms. The third-order valence-corrected chi connectivity index (χ3v) is 13.2. The number of aromatic nitrogens is 3. The molecule has 3 aromatic heterocycles. The van der Waals surface area contributed by atoms with Crippen LogP contribution in [0.4, 0.5) is 30.2 Å². The Morgan fingerprint density at radius 3 is 1.17 bits per heavy atom. The van der Waals surface area contributed by atoms with E-state index in [1.165, 1.54) is 42.4 Å². The van der Waals surface area contributed by atoms with Gasteiger partial charge in [0, 0.05) is 61.0 Å². The number of amides is 3. The second-order valence-corrected chi connectivity index (χ2v) is 18.4. The summed E-state index contributed by atoms with van der Waals surface area (Å²) in [5, 5.41) is 19.6. The van der Waals surface area contributed by atoms with Gasteiger partial charge in [0.25, 0.3) is 17.7 Å². The lowest BCUT2D eigenvalue weighted by atomic mass is 9.91. The van der Waals surface area contributed by atoms with Crippen LogP contribution in [-0.4, -0.2) is 78.2 Å². The molecule has 3 atom stereocenters. The van der Waals surface area contributed by atoms with Gasteiger partial charge in [-0.3, -0.25) is 24.4 Å². The zero-order valence-electron chi connectivity index (χ0n) is 39.5. The predicted octanol–water partition coefficient (Wildman–Crippen LogP) is 10.5. The number of nitrogens with one attached hydrogen (secondary N) is 6. The Morgan fingerprint density at radius 2 is 0.886 bits per heavy atom. The van der Waals surface area contributed by atoms with E-state index in [0.717, 1.165) is 92.5 Å². The highest BCUT2D eigenvalue weighted by atomic mass is 32.2. The van der Waals surface area contributed by atoms with E-state index in [-0.39, 0.29) is 17.4 Å². The van der Waals surface area contributed by atoms with E-state index in [2.05, 4.69) is 71.1 Å². The Balaban J connectivity index is 0.000000155. The molecule has 3 amide bonds. The Kier molecular flexibility index (Phi) is 18.7. The molecule has 70 heavy (non-hydrogen) atoms. The molecule has 0 spiro atoms. The van der Waals surface area contributed by atoms with Crippen LogP contribution in [0.15, 0.2) is 133 Å². The highest BCUT2D eigenvalue weighted by Crippen LogP contribution is 2.29. The molecule has 6 heterocycles. The molecule has 0 aliphatic carbocycles. The highest BCUT2D eigenvalue weighted by molar-refractivity contribution is 7.98. The van der Waals surface area contributed by atoms with Crippen molar-refractivity contribution in [3.8, 4) is 0 Å². The van der Waals surface area contributed by atoms with Crippen LogP contribution in [0.1, 0.15) is 115 Å². The molecule has 12 nitrogen and oxygen atoms in total. The summed E-state index contributed by atoms with van der Waals surface area (Å²) in [5.74, 6) is 0.888. The van der Waals surface area contributed by atoms with Gasteiger partial charge in [0.1, 0.15) is 5.69 Å². The molecule has 3 aliphatic rings. The maximum absolute atomic E-state index is 12.5. The quantitative estimate of drug-likeness (QED) is 0.0729. The first kappa shape index (κ1) is 51.4. The summed E-state index contributed by atoms with van der Waals surface area (Å²) < 4.78 is 37.5. The zero-order chi connectivity index (χ0) is 49.3. The van der Waals surface area contributed by atoms with Crippen molar-refractivity contribution < 1.29 is 27.6 Å². The number of halogens is 3. The predicted molar refractivity (Wildman–Crippen MR) is 272 cm³/mol. The Morgan fingerprint density at radius 1 is 0.514 bits per heavy atom. The number of anilines is 3. The third-order valence-electron chi connectivity index (χ3n) is 12.5. The molecule has 9 rings (SSSR count). The number of rotatable bonds is 10. The number of carbonyl (C=O) groups excluding carboxylic acids is 3. The van der Waals surface area contributed by atoms with E-state index in [1.807, 2.05) is 61.7 Å². The third kappa shape index (κ3) is 15.3. The van der Waals surface area contributed by atoms with Gasteiger partial charge in [0.2, 0.25) is 0 Å². The van der Waals surface area contributed by atoms with Crippen molar-refractivity contribution in [3.63, 3.8) is 0 Å². The van der Waals surface area contributed by atoms with Crippen molar-refractivity contribution in [2.75, 3.05) is 61.5 Å². The zero-order valence-corrected chi connectivity index (χ0v) is 40.3. The lowest BCUT2D eigenvalue weighted by Crippen LogP contribution is -2.28. The molecule has 6 N–H and O–H groups in total. The van der Waals surface area contributed by atoms with E-state index < -0.39 is 17.8 Å². The van der Waals surface area contributed by atoms with Crippen molar-refractivity contribution in [3.05, 3.63) is 173 Å². The number of piperidine rings is 3. The minimum atomic E-state index is -4.52. The summed E-state index contributed by atoms with van der Waals surface area (Å²) in [6.45, 7) is 8.22. The van der Waals surface area contributed by atoms with Gasteiger partial charge in [-0.15, -0.1) is 11.8 Å².